The van der Waals surface area contributed by atoms with Gasteiger partial charge in [0.1, 0.15) is 17.3 Å². The number of benzene rings is 1. The lowest BCUT2D eigenvalue weighted by atomic mass is 10.0. The van der Waals surface area contributed by atoms with Gasteiger partial charge in [0.05, 0.1) is 19.9 Å². The zero-order valence-electron chi connectivity index (χ0n) is 15.2. The fraction of sp³-hybridized carbons (Fsp3) is 0.211. The number of hydrogen-bond acceptors (Lipinski definition) is 5. The highest BCUT2D eigenvalue weighted by Gasteiger charge is 2.46. The molecule has 1 aromatic carbocycles. The molecule has 4 rings (SSSR count). The zero-order chi connectivity index (χ0) is 19.9. The van der Waals surface area contributed by atoms with Crippen LogP contribution in [0.3, 0.4) is 0 Å². The molecule has 3 amide bonds. The summed E-state index contributed by atoms with van der Waals surface area (Å²) in [6.07, 6.45) is 3.23. The number of nitrogens with one attached hydrogen (secondary N) is 3. The molecule has 0 saturated carbocycles. The van der Waals surface area contributed by atoms with Crippen LogP contribution in [0.15, 0.2) is 30.6 Å². The van der Waals surface area contributed by atoms with Crippen molar-refractivity contribution in [2.24, 2.45) is 0 Å². The van der Waals surface area contributed by atoms with Crippen molar-refractivity contribution in [2.75, 3.05) is 7.11 Å². The van der Waals surface area contributed by atoms with Gasteiger partial charge in [0.2, 0.25) is 5.54 Å². The molecule has 1 fully saturated rings. The number of rotatable bonds is 3. The third-order valence-corrected chi connectivity index (χ3v) is 4.53. The first kappa shape index (κ1) is 17.5. The van der Waals surface area contributed by atoms with Crippen molar-refractivity contribution in [1.82, 2.24) is 25.2 Å². The molecule has 1 atom stereocenters. The van der Waals surface area contributed by atoms with E-state index in [1.165, 1.54) is 11.7 Å². The molecule has 0 spiro atoms. The lowest BCUT2D eigenvalue weighted by molar-refractivity contribution is -0.122. The first-order valence-corrected chi connectivity index (χ1v) is 8.44. The largest absolute Gasteiger partial charge is 0.497 e. The number of imidazole rings is 1. The minimum Gasteiger partial charge on any atom is -0.497 e. The summed E-state index contributed by atoms with van der Waals surface area (Å²) in [5.41, 5.74) is -1.02. The van der Waals surface area contributed by atoms with E-state index in [0.29, 0.717) is 22.7 Å². The van der Waals surface area contributed by atoms with Crippen LogP contribution in [-0.2, 0) is 11.3 Å². The smallest absolute Gasteiger partial charge is 0.323 e. The number of imide groups is 1. The first-order chi connectivity index (χ1) is 13.4. The third kappa shape index (κ3) is 2.91. The molecule has 0 unspecified atom stereocenters. The number of aromatic amines is 1. The number of urea groups is 1. The molecule has 0 bridgehead atoms. The Balaban J connectivity index is 1.76. The van der Waals surface area contributed by atoms with Crippen LogP contribution in [0.25, 0.3) is 10.8 Å². The van der Waals surface area contributed by atoms with Gasteiger partial charge in [0, 0.05) is 17.0 Å². The van der Waals surface area contributed by atoms with Crippen molar-refractivity contribution < 1.29 is 19.4 Å². The van der Waals surface area contributed by atoms with E-state index in [2.05, 4.69) is 32.4 Å². The van der Waals surface area contributed by atoms with Crippen LogP contribution in [0.2, 0.25) is 0 Å². The number of hydrogen-bond donors (Lipinski definition) is 4. The van der Waals surface area contributed by atoms with Gasteiger partial charge < -0.3 is 24.7 Å². The Labute approximate surface area is 159 Å². The van der Waals surface area contributed by atoms with Gasteiger partial charge in [0.25, 0.3) is 5.91 Å². The summed E-state index contributed by atoms with van der Waals surface area (Å²) in [4.78, 5) is 31.3. The molecule has 3 heterocycles. The number of fused-ring (bicyclic) bond motifs is 1. The van der Waals surface area contributed by atoms with E-state index in [0.717, 1.165) is 5.39 Å². The predicted octanol–water partition coefficient (Wildman–Crippen LogP) is 1.02. The topological polar surface area (TPSA) is 121 Å². The van der Waals surface area contributed by atoms with Gasteiger partial charge in [-0.25, -0.2) is 9.78 Å². The molecule has 1 saturated heterocycles. The Morgan fingerprint density at radius 3 is 2.82 bits per heavy atom. The Kier molecular flexibility index (Phi) is 3.96. The summed E-state index contributed by atoms with van der Waals surface area (Å²) >= 11 is 0. The summed E-state index contributed by atoms with van der Waals surface area (Å²) in [5, 5.41) is 16.7. The number of aryl methyl sites for hydroxylation is 1. The standard InChI is InChI=1S/C19H17N5O4/c1-11-20-8-13(21-11)5-6-19(17(26)22-18(27)23-19)10-24-9-12-3-4-14(28-2)7-15(12)16(24)25/h3-4,7-9,25H,10H2,1-2H3,(H,20,21)(H2,22,23,26,27)/t19-/m1/s1. The van der Waals surface area contributed by atoms with Crippen LogP contribution >= 0.6 is 0 Å². The maximum atomic E-state index is 12.5. The second-order valence-corrected chi connectivity index (χ2v) is 6.48. The highest BCUT2D eigenvalue weighted by molar-refractivity contribution is 6.09. The summed E-state index contributed by atoms with van der Waals surface area (Å²) in [5.74, 6) is 6.29. The molecule has 9 heteroatoms. The van der Waals surface area contributed by atoms with Crippen LogP contribution in [0.1, 0.15) is 11.5 Å². The van der Waals surface area contributed by atoms with Crippen LogP contribution in [0, 0.1) is 18.8 Å². The molecular weight excluding hydrogens is 362 g/mol. The van der Waals surface area contributed by atoms with Crippen molar-refractivity contribution in [3.8, 4) is 23.5 Å². The van der Waals surface area contributed by atoms with E-state index in [9.17, 15) is 14.7 Å². The van der Waals surface area contributed by atoms with E-state index in [4.69, 9.17) is 4.74 Å². The highest BCUT2D eigenvalue weighted by atomic mass is 16.5. The minimum atomic E-state index is -1.54. The number of H-pyrrole nitrogens is 1. The first-order valence-electron chi connectivity index (χ1n) is 8.44. The molecule has 0 aliphatic carbocycles. The number of ether oxygens (including phenoxy) is 1. The van der Waals surface area contributed by atoms with Gasteiger partial charge in [-0.1, -0.05) is 5.92 Å². The molecule has 2 aromatic heterocycles. The molecule has 4 N–H and O–H groups in total. The number of methoxy groups -OCH3 is 1. The second kappa shape index (κ2) is 6.35. The average Bonchev–Trinajstić information content (AvgIpc) is 3.30. The van der Waals surface area contributed by atoms with Gasteiger partial charge in [0.15, 0.2) is 5.88 Å². The number of aromatic hydroxyl groups is 1. The molecule has 28 heavy (non-hydrogen) atoms. The van der Waals surface area contributed by atoms with Gasteiger partial charge in [-0.3, -0.25) is 10.1 Å². The predicted molar refractivity (Wildman–Crippen MR) is 99.8 cm³/mol. The third-order valence-electron chi connectivity index (χ3n) is 4.53. The summed E-state index contributed by atoms with van der Waals surface area (Å²) in [6, 6.07) is 4.62. The Bertz CT molecular complexity index is 1170. The molecule has 142 valence electrons. The van der Waals surface area contributed by atoms with Gasteiger partial charge in [-0.05, 0) is 31.0 Å². The molecule has 0 radical (unpaired) electrons. The number of aromatic nitrogens is 3. The van der Waals surface area contributed by atoms with Crippen LogP contribution < -0.4 is 15.4 Å². The summed E-state index contributed by atoms with van der Waals surface area (Å²) < 4.78 is 6.66. The van der Waals surface area contributed by atoms with E-state index in [1.807, 2.05) is 0 Å². The maximum absolute atomic E-state index is 12.5. The zero-order valence-corrected chi connectivity index (χ0v) is 15.2. The quantitative estimate of drug-likeness (QED) is 0.400. The van der Waals surface area contributed by atoms with E-state index in [-0.39, 0.29) is 12.4 Å². The van der Waals surface area contributed by atoms with Crippen LogP contribution in [-0.4, -0.2) is 44.2 Å². The molecule has 1 aliphatic heterocycles. The SMILES string of the molecule is COc1ccc2cn(C[C@@]3(C#Cc4cnc(C)[nH]4)NC(=O)NC3=O)c(O)c2c1. The number of carbonyl (C=O) groups is 2. The van der Waals surface area contributed by atoms with Crippen molar-refractivity contribution in [2.45, 2.75) is 19.0 Å². The maximum Gasteiger partial charge on any atom is 0.323 e. The van der Waals surface area contributed by atoms with Crippen LogP contribution in [0.5, 0.6) is 11.6 Å². The van der Waals surface area contributed by atoms with Crippen molar-refractivity contribution in [3.05, 3.63) is 42.1 Å². The number of nitrogens with zero attached hydrogens (tertiary/aromatic N) is 2. The Morgan fingerprint density at radius 2 is 2.18 bits per heavy atom. The number of carbonyl (C=O) groups excluding carboxylic acids is 2. The van der Waals surface area contributed by atoms with E-state index in [1.54, 1.807) is 37.5 Å². The monoisotopic (exact) mass is 379 g/mol. The van der Waals surface area contributed by atoms with Crippen molar-refractivity contribution in [3.63, 3.8) is 0 Å². The van der Waals surface area contributed by atoms with E-state index >= 15 is 0 Å². The second-order valence-electron chi connectivity index (χ2n) is 6.48. The molecular formula is C19H17N5O4. The Hall–Kier alpha value is -3.93. The van der Waals surface area contributed by atoms with Crippen LogP contribution in [0.4, 0.5) is 4.79 Å². The molecule has 9 nitrogen and oxygen atoms in total. The molecule has 3 aromatic rings. The lowest BCUT2D eigenvalue weighted by Crippen LogP contribution is -2.49. The summed E-state index contributed by atoms with van der Waals surface area (Å²) in [6.45, 7) is 1.70. The van der Waals surface area contributed by atoms with E-state index < -0.39 is 17.5 Å². The fourth-order valence-corrected chi connectivity index (χ4v) is 3.12. The minimum absolute atomic E-state index is 0.0543. The average molecular weight is 379 g/mol. The molecule has 1 aliphatic rings. The van der Waals surface area contributed by atoms with Gasteiger partial charge >= 0.3 is 6.03 Å². The Morgan fingerprint density at radius 1 is 1.36 bits per heavy atom. The van der Waals surface area contributed by atoms with Crippen molar-refractivity contribution >= 4 is 22.7 Å². The van der Waals surface area contributed by atoms with Gasteiger partial charge in [-0.2, -0.15) is 0 Å². The van der Waals surface area contributed by atoms with Crippen molar-refractivity contribution in [1.29, 1.82) is 0 Å². The summed E-state index contributed by atoms with van der Waals surface area (Å²) in [7, 11) is 1.54. The number of amides is 3. The van der Waals surface area contributed by atoms with Gasteiger partial charge in [-0.15, -0.1) is 0 Å². The highest BCUT2D eigenvalue weighted by Crippen LogP contribution is 2.31. The fourth-order valence-electron chi connectivity index (χ4n) is 3.12. The lowest BCUT2D eigenvalue weighted by Gasteiger charge is -2.20. The normalized spacial score (nSPS) is 18.5.